The topological polar surface area (TPSA) is 89.5 Å². The average molecular weight is 430 g/mol. The van der Waals surface area contributed by atoms with Gasteiger partial charge in [-0.1, -0.05) is 11.3 Å². The van der Waals surface area contributed by atoms with E-state index in [1.165, 1.54) is 43.4 Å². The monoisotopic (exact) mass is 429 g/mol. The van der Waals surface area contributed by atoms with Crippen LogP contribution < -0.4 is 15.0 Å². The van der Waals surface area contributed by atoms with Gasteiger partial charge in [-0.25, -0.2) is 15.0 Å². The SMILES string of the molecule is O=C(Nc1ncc(Oc2cnc(N3CCCCC3)nc2)s1)C1CC(OCC2CC2)C1. The summed E-state index contributed by atoms with van der Waals surface area (Å²) in [5.41, 5.74) is 0. The number of hydrogen-bond donors (Lipinski definition) is 1. The molecule has 0 bridgehead atoms. The van der Waals surface area contributed by atoms with Crippen molar-refractivity contribution in [2.45, 2.75) is 51.0 Å². The Morgan fingerprint density at radius 3 is 2.60 bits per heavy atom. The zero-order valence-corrected chi connectivity index (χ0v) is 17.8. The number of carbonyl (C=O) groups excluding carboxylic acids is 1. The normalized spacial score (nSPS) is 23.7. The van der Waals surface area contributed by atoms with Gasteiger partial charge in [-0.2, -0.15) is 0 Å². The summed E-state index contributed by atoms with van der Waals surface area (Å²) in [6, 6.07) is 0. The van der Waals surface area contributed by atoms with Crippen LogP contribution in [0.3, 0.4) is 0 Å². The van der Waals surface area contributed by atoms with E-state index < -0.39 is 0 Å². The molecular weight excluding hydrogens is 402 g/mol. The van der Waals surface area contributed by atoms with Gasteiger partial charge in [-0.3, -0.25) is 4.79 Å². The molecule has 2 aliphatic carbocycles. The first-order valence-corrected chi connectivity index (χ1v) is 11.7. The van der Waals surface area contributed by atoms with E-state index in [-0.39, 0.29) is 17.9 Å². The molecular formula is C21H27N5O3S. The van der Waals surface area contributed by atoms with Crippen LogP contribution in [0.1, 0.15) is 44.9 Å². The van der Waals surface area contributed by atoms with Crippen LogP contribution in [0, 0.1) is 11.8 Å². The summed E-state index contributed by atoms with van der Waals surface area (Å²) >= 11 is 1.30. The molecule has 0 unspecified atom stereocenters. The highest BCUT2D eigenvalue weighted by atomic mass is 32.1. The molecule has 160 valence electrons. The standard InChI is InChI=1S/C21H27N5O3S/c27-19(15-8-16(9-15)28-13-14-4-5-14)25-21-24-12-18(30-21)29-17-10-22-20(23-11-17)26-6-2-1-3-7-26/h10-12,14-16H,1-9,13H2,(H,24,25,27). The quantitative estimate of drug-likeness (QED) is 0.681. The number of rotatable bonds is 8. The van der Waals surface area contributed by atoms with Crippen molar-refractivity contribution in [3.05, 3.63) is 18.6 Å². The summed E-state index contributed by atoms with van der Waals surface area (Å²) in [7, 11) is 0. The maximum atomic E-state index is 12.4. The van der Waals surface area contributed by atoms with E-state index in [2.05, 4.69) is 25.2 Å². The lowest BCUT2D eigenvalue weighted by Crippen LogP contribution is -2.39. The lowest BCUT2D eigenvalue weighted by atomic mass is 9.81. The van der Waals surface area contributed by atoms with Gasteiger partial charge in [0.15, 0.2) is 10.9 Å². The predicted octanol–water partition coefficient (Wildman–Crippen LogP) is 3.86. The number of hydrogen-bond acceptors (Lipinski definition) is 8. The lowest BCUT2D eigenvalue weighted by Gasteiger charge is -2.33. The highest BCUT2D eigenvalue weighted by molar-refractivity contribution is 7.17. The van der Waals surface area contributed by atoms with E-state index in [1.54, 1.807) is 18.6 Å². The Hall–Kier alpha value is -2.26. The third kappa shape index (κ3) is 4.89. The molecule has 2 aromatic rings. The maximum Gasteiger partial charge on any atom is 0.229 e. The predicted molar refractivity (Wildman–Crippen MR) is 114 cm³/mol. The van der Waals surface area contributed by atoms with Crippen molar-refractivity contribution < 1.29 is 14.3 Å². The highest BCUT2D eigenvalue weighted by Gasteiger charge is 2.36. The molecule has 3 heterocycles. The lowest BCUT2D eigenvalue weighted by molar-refractivity contribution is -0.128. The van der Waals surface area contributed by atoms with Crippen molar-refractivity contribution in [1.29, 1.82) is 0 Å². The molecule has 1 N–H and O–H groups in total. The van der Waals surface area contributed by atoms with Crippen LogP contribution >= 0.6 is 11.3 Å². The van der Waals surface area contributed by atoms with Crippen LogP contribution in [0.5, 0.6) is 10.8 Å². The van der Waals surface area contributed by atoms with Crippen molar-refractivity contribution in [3.8, 4) is 10.8 Å². The maximum absolute atomic E-state index is 12.4. The molecule has 5 rings (SSSR count). The van der Waals surface area contributed by atoms with Crippen molar-refractivity contribution in [3.63, 3.8) is 0 Å². The average Bonchev–Trinajstić information content (AvgIpc) is 3.47. The number of piperidine rings is 1. The van der Waals surface area contributed by atoms with Crippen LogP contribution in [-0.2, 0) is 9.53 Å². The molecule has 8 nitrogen and oxygen atoms in total. The minimum absolute atomic E-state index is 0.0105. The van der Waals surface area contributed by atoms with E-state index in [1.807, 2.05) is 0 Å². The molecule has 30 heavy (non-hydrogen) atoms. The summed E-state index contributed by atoms with van der Waals surface area (Å²) in [5, 5.41) is 4.04. The Morgan fingerprint density at radius 1 is 1.10 bits per heavy atom. The van der Waals surface area contributed by atoms with Crippen LogP contribution in [0.2, 0.25) is 0 Å². The Morgan fingerprint density at radius 2 is 1.87 bits per heavy atom. The van der Waals surface area contributed by atoms with Gasteiger partial charge in [0.1, 0.15) is 0 Å². The Bertz CT molecular complexity index is 858. The molecule has 3 fully saturated rings. The molecule has 3 aliphatic rings. The summed E-state index contributed by atoms with van der Waals surface area (Å²) in [6.45, 7) is 2.87. The van der Waals surface area contributed by atoms with Gasteiger partial charge in [0.05, 0.1) is 24.7 Å². The Labute approximate surface area is 180 Å². The molecule has 0 radical (unpaired) electrons. The van der Waals surface area contributed by atoms with Crippen molar-refractivity contribution >= 4 is 28.3 Å². The first-order valence-electron chi connectivity index (χ1n) is 10.9. The number of ether oxygens (including phenoxy) is 2. The number of carbonyl (C=O) groups is 1. The van der Waals surface area contributed by atoms with Gasteiger partial charge >= 0.3 is 0 Å². The number of aromatic nitrogens is 3. The van der Waals surface area contributed by atoms with Crippen molar-refractivity contribution in [2.24, 2.45) is 11.8 Å². The Balaban J connectivity index is 1.08. The van der Waals surface area contributed by atoms with Crippen molar-refractivity contribution in [2.75, 3.05) is 29.9 Å². The number of nitrogens with one attached hydrogen (secondary N) is 1. The first kappa shape index (κ1) is 19.7. The fourth-order valence-electron chi connectivity index (χ4n) is 3.78. The van der Waals surface area contributed by atoms with Crippen LogP contribution in [0.15, 0.2) is 18.6 Å². The third-order valence-electron chi connectivity index (χ3n) is 5.92. The van der Waals surface area contributed by atoms with Gasteiger partial charge in [0.2, 0.25) is 16.9 Å². The minimum atomic E-state index is 0.0105. The number of anilines is 2. The second-order valence-corrected chi connectivity index (χ2v) is 9.40. The summed E-state index contributed by atoms with van der Waals surface area (Å²) in [6.07, 6.45) is 13.1. The van der Waals surface area contributed by atoms with Gasteiger partial charge in [-0.15, -0.1) is 0 Å². The smallest absolute Gasteiger partial charge is 0.229 e. The second kappa shape index (κ2) is 8.85. The third-order valence-corrected chi connectivity index (χ3v) is 6.71. The zero-order chi connectivity index (χ0) is 20.3. The molecule has 0 spiro atoms. The molecule has 0 aromatic carbocycles. The molecule has 1 aliphatic heterocycles. The summed E-state index contributed by atoms with van der Waals surface area (Å²) in [4.78, 5) is 27.7. The number of nitrogens with zero attached hydrogens (tertiary/aromatic N) is 4. The largest absolute Gasteiger partial charge is 0.442 e. The Kier molecular flexibility index (Phi) is 5.81. The van der Waals surface area contributed by atoms with Gasteiger partial charge in [-0.05, 0) is 50.9 Å². The zero-order valence-electron chi connectivity index (χ0n) is 17.0. The van der Waals surface area contributed by atoms with E-state index >= 15 is 0 Å². The van der Waals surface area contributed by atoms with Crippen LogP contribution in [-0.4, -0.2) is 46.7 Å². The molecule has 2 aromatic heterocycles. The molecule has 1 saturated heterocycles. The second-order valence-electron chi connectivity index (χ2n) is 8.41. The summed E-state index contributed by atoms with van der Waals surface area (Å²) < 4.78 is 11.6. The highest BCUT2D eigenvalue weighted by Crippen LogP contribution is 2.36. The van der Waals surface area contributed by atoms with Crippen LogP contribution in [0.25, 0.3) is 0 Å². The fourth-order valence-corrected chi connectivity index (χ4v) is 4.47. The van der Waals surface area contributed by atoms with E-state index in [0.717, 1.165) is 44.4 Å². The van der Waals surface area contributed by atoms with Gasteiger partial charge in [0, 0.05) is 25.6 Å². The summed E-state index contributed by atoms with van der Waals surface area (Å²) in [5.74, 6) is 2.10. The van der Waals surface area contributed by atoms with Gasteiger partial charge in [0.25, 0.3) is 0 Å². The molecule has 9 heteroatoms. The minimum Gasteiger partial charge on any atom is -0.442 e. The molecule has 0 atom stereocenters. The van der Waals surface area contributed by atoms with Crippen molar-refractivity contribution in [1.82, 2.24) is 15.0 Å². The van der Waals surface area contributed by atoms with E-state index in [4.69, 9.17) is 9.47 Å². The first-order chi connectivity index (χ1) is 14.7. The van der Waals surface area contributed by atoms with Gasteiger partial charge < -0.3 is 19.7 Å². The fraction of sp³-hybridized carbons (Fsp3) is 0.619. The number of amides is 1. The van der Waals surface area contributed by atoms with E-state index in [9.17, 15) is 4.79 Å². The molecule has 1 amide bonds. The molecule has 2 saturated carbocycles. The van der Waals surface area contributed by atoms with Crippen LogP contribution in [0.4, 0.5) is 11.1 Å². The van der Waals surface area contributed by atoms with E-state index in [0.29, 0.717) is 15.9 Å². The number of thiazole rings is 1.